The number of nitrogens with zero attached hydrogens (tertiary/aromatic N) is 2. The Kier molecular flexibility index (Phi) is 5.03. The van der Waals surface area contributed by atoms with Crippen molar-refractivity contribution in [3.63, 3.8) is 0 Å². The van der Waals surface area contributed by atoms with Gasteiger partial charge in [-0.05, 0) is 56.2 Å². The molecule has 2 heterocycles. The Hall–Kier alpha value is -2.53. The number of anilines is 3. The lowest BCUT2D eigenvalue weighted by molar-refractivity contribution is -0.119. The average molecular weight is 365 g/mol. The number of carbonyl (C=O) groups is 1. The van der Waals surface area contributed by atoms with Crippen LogP contribution < -0.4 is 15.1 Å². The molecule has 2 aliphatic heterocycles. The summed E-state index contributed by atoms with van der Waals surface area (Å²) < 4.78 is 5.41. The van der Waals surface area contributed by atoms with E-state index >= 15 is 0 Å². The summed E-state index contributed by atoms with van der Waals surface area (Å²) in [6, 6.07) is 16.4. The Morgan fingerprint density at radius 1 is 1.11 bits per heavy atom. The molecule has 0 unspecified atom stereocenters. The molecule has 5 nitrogen and oxygen atoms in total. The Labute approximate surface area is 160 Å². The fraction of sp³-hybridized carbons (Fsp3) is 0.409. The van der Waals surface area contributed by atoms with Crippen molar-refractivity contribution in [3.05, 3.63) is 54.1 Å². The number of hydrogen-bond acceptors (Lipinski definition) is 4. The molecule has 2 aromatic carbocycles. The molecule has 0 radical (unpaired) electrons. The highest BCUT2D eigenvalue weighted by molar-refractivity contribution is 6.00. The Balaban J connectivity index is 1.43. The monoisotopic (exact) mass is 365 g/mol. The van der Waals surface area contributed by atoms with Crippen molar-refractivity contribution in [3.8, 4) is 0 Å². The molecule has 1 N–H and O–H groups in total. The van der Waals surface area contributed by atoms with Gasteiger partial charge in [-0.2, -0.15) is 0 Å². The second-order valence-electron chi connectivity index (χ2n) is 7.40. The van der Waals surface area contributed by atoms with Crippen LogP contribution >= 0.6 is 0 Å². The summed E-state index contributed by atoms with van der Waals surface area (Å²) in [4.78, 5) is 17.3. The molecule has 0 bridgehead atoms. The quantitative estimate of drug-likeness (QED) is 0.903. The van der Waals surface area contributed by atoms with Crippen LogP contribution in [0, 0.1) is 0 Å². The normalized spacial score (nSPS) is 20.3. The smallest absolute Gasteiger partial charge is 0.249 e. The van der Waals surface area contributed by atoms with Crippen LogP contribution in [0.5, 0.6) is 0 Å². The van der Waals surface area contributed by atoms with Crippen LogP contribution in [-0.2, 0) is 16.0 Å². The molecule has 1 fully saturated rings. The number of ether oxygens (including phenoxy) is 1. The Bertz CT molecular complexity index is 799. The summed E-state index contributed by atoms with van der Waals surface area (Å²) in [6.45, 7) is 7.46. The number of hydrogen-bond donors (Lipinski definition) is 1. The van der Waals surface area contributed by atoms with Crippen LogP contribution in [0.4, 0.5) is 17.1 Å². The summed E-state index contributed by atoms with van der Waals surface area (Å²) >= 11 is 0. The van der Waals surface area contributed by atoms with E-state index in [2.05, 4.69) is 47.5 Å². The van der Waals surface area contributed by atoms with Gasteiger partial charge in [0.2, 0.25) is 5.91 Å². The molecule has 2 aliphatic rings. The molecule has 4 rings (SSSR count). The van der Waals surface area contributed by atoms with Crippen LogP contribution in [0.15, 0.2) is 48.5 Å². The second-order valence-corrected chi connectivity index (χ2v) is 7.40. The number of amides is 1. The van der Waals surface area contributed by atoms with Gasteiger partial charge in [-0.3, -0.25) is 4.79 Å². The minimum atomic E-state index is -0.284. The van der Waals surface area contributed by atoms with E-state index < -0.39 is 0 Å². The molecule has 0 saturated carbocycles. The zero-order chi connectivity index (χ0) is 18.8. The fourth-order valence-electron chi connectivity index (χ4n) is 4.01. The molecular formula is C22H27N3O2. The number of benzene rings is 2. The van der Waals surface area contributed by atoms with Gasteiger partial charge in [-0.25, -0.2) is 0 Å². The van der Waals surface area contributed by atoms with Gasteiger partial charge >= 0.3 is 0 Å². The molecule has 2 atom stereocenters. The summed E-state index contributed by atoms with van der Waals surface area (Å²) in [6.07, 6.45) is 0.920. The van der Waals surface area contributed by atoms with E-state index in [9.17, 15) is 4.79 Å². The SMILES string of the molecule is C[C@H](Nc1ccc(N2CCOCC2)cc1)C(=O)N1c2ccccc2C[C@H]1C. The third-order valence-electron chi connectivity index (χ3n) is 5.44. The van der Waals surface area contributed by atoms with Crippen molar-refractivity contribution >= 4 is 23.0 Å². The summed E-state index contributed by atoms with van der Waals surface area (Å²) in [5.74, 6) is 0.115. The van der Waals surface area contributed by atoms with E-state index in [1.54, 1.807) is 0 Å². The van der Waals surface area contributed by atoms with E-state index in [0.29, 0.717) is 0 Å². The lowest BCUT2D eigenvalue weighted by atomic mass is 10.1. The molecule has 27 heavy (non-hydrogen) atoms. The second kappa shape index (κ2) is 7.61. The predicted octanol–water partition coefficient (Wildman–Crippen LogP) is 3.30. The van der Waals surface area contributed by atoms with Gasteiger partial charge in [-0.15, -0.1) is 0 Å². The number of fused-ring (bicyclic) bond motifs is 1. The van der Waals surface area contributed by atoms with E-state index in [4.69, 9.17) is 4.74 Å². The number of nitrogens with one attached hydrogen (secondary N) is 1. The first-order chi connectivity index (χ1) is 13.1. The number of rotatable bonds is 4. The standard InChI is InChI=1S/C22H27N3O2/c1-16-15-18-5-3-4-6-21(18)25(16)22(26)17(2)23-19-7-9-20(10-8-19)24-11-13-27-14-12-24/h3-10,16-17,23H,11-15H2,1-2H3/t16-,17+/m1/s1. The Morgan fingerprint density at radius 2 is 1.81 bits per heavy atom. The topological polar surface area (TPSA) is 44.8 Å². The fourth-order valence-corrected chi connectivity index (χ4v) is 4.01. The van der Waals surface area contributed by atoms with Gasteiger partial charge in [0, 0.05) is 36.2 Å². The maximum absolute atomic E-state index is 13.1. The van der Waals surface area contributed by atoms with Crippen molar-refractivity contribution in [2.45, 2.75) is 32.4 Å². The van der Waals surface area contributed by atoms with Crippen LogP contribution in [0.1, 0.15) is 19.4 Å². The molecule has 5 heteroatoms. The van der Waals surface area contributed by atoms with E-state index in [1.165, 1.54) is 11.3 Å². The first-order valence-corrected chi connectivity index (χ1v) is 9.74. The van der Waals surface area contributed by atoms with E-state index in [1.807, 2.05) is 30.0 Å². The number of carbonyl (C=O) groups excluding carboxylic acids is 1. The van der Waals surface area contributed by atoms with Crippen molar-refractivity contribution in [1.82, 2.24) is 0 Å². The molecule has 0 aliphatic carbocycles. The summed E-state index contributed by atoms with van der Waals surface area (Å²) in [5.41, 5.74) is 4.46. The van der Waals surface area contributed by atoms with E-state index in [0.717, 1.165) is 44.1 Å². The number of morpholine rings is 1. The van der Waals surface area contributed by atoms with Gasteiger partial charge in [0.1, 0.15) is 6.04 Å². The molecule has 0 spiro atoms. The van der Waals surface area contributed by atoms with Gasteiger partial charge in [-0.1, -0.05) is 18.2 Å². The molecule has 1 amide bonds. The van der Waals surface area contributed by atoms with Gasteiger partial charge < -0.3 is 19.9 Å². The summed E-state index contributed by atoms with van der Waals surface area (Å²) in [7, 11) is 0. The average Bonchev–Trinajstić information content (AvgIpc) is 3.04. The van der Waals surface area contributed by atoms with Gasteiger partial charge in [0.15, 0.2) is 0 Å². The molecule has 142 valence electrons. The minimum absolute atomic E-state index is 0.115. The minimum Gasteiger partial charge on any atom is -0.378 e. The lowest BCUT2D eigenvalue weighted by Crippen LogP contribution is -2.44. The van der Waals surface area contributed by atoms with Gasteiger partial charge in [0.25, 0.3) is 0 Å². The molecule has 2 aromatic rings. The first-order valence-electron chi connectivity index (χ1n) is 9.74. The third kappa shape index (κ3) is 3.65. The zero-order valence-corrected chi connectivity index (χ0v) is 16.0. The van der Waals surface area contributed by atoms with Crippen molar-refractivity contribution in [1.29, 1.82) is 0 Å². The largest absolute Gasteiger partial charge is 0.378 e. The van der Waals surface area contributed by atoms with Crippen LogP contribution in [0.25, 0.3) is 0 Å². The van der Waals surface area contributed by atoms with Crippen molar-refractivity contribution in [2.75, 3.05) is 41.4 Å². The number of para-hydroxylation sites is 1. The maximum atomic E-state index is 13.1. The van der Waals surface area contributed by atoms with Gasteiger partial charge in [0.05, 0.1) is 13.2 Å². The van der Waals surface area contributed by atoms with Crippen molar-refractivity contribution in [2.24, 2.45) is 0 Å². The zero-order valence-electron chi connectivity index (χ0n) is 16.0. The molecular weight excluding hydrogens is 338 g/mol. The highest BCUT2D eigenvalue weighted by Crippen LogP contribution is 2.32. The predicted molar refractivity (Wildman–Crippen MR) is 110 cm³/mol. The van der Waals surface area contributed by atoms with Crippen LogP contribution in [-0.4, -0.2) is 44.3 Å². The van der Waals surface area contributed by atoms with Crippen LogP contribution in [0.2, 0.25) is 0 Å². The lowest BCUT2D eigenvalue weighted by Gasteiger charge is -2.29. The van der Waals surface area contributed by atoms with Crippen molar-refractivity contribution < 1.29 is 9.53 Å². The molecule has 1 saturated heterocycles. The highest BCUT2D eigenvalue weighted by Gasteiger charge is 2.32. The first kappa shape index (κ1) is 17.9. The summed E-state index contributed by atoms with van der Waals surface area (Å²) in [5, 5.41) is 3.37. The molecule has 0 aromatic heterocycles. The van der Waals surface area contributed by atoms with E-state index in [-0.39, 0.29) is 18.0 Å². The maximum Gasteiger partial charge on any atom is 0.249 e. The highest BCUT2D eigenvalue weighted by atomic mass is 16.5. The van der Waals surface area contributed by atoms with Crippen LogP contribution in [0.3, 0.4) is 0 Å². The Morgan fingerprint density at radius 3 is 2.56 bits per heavy atom. The third-order valence-corrected chi connectivity index (χ3v) is 5.44.